The Morgan fingerprint density at radius 1 is 1.48 bits per heavy atom. The van der Waals surface area contributed by atoms with E-state index in [1.165, 1.54) is 0 Å². The molecule has 120 valence electrons. The normalized spacial score (nSPS) is 12.0. The highest BCUT2D eigenvalue weighted by Crippen LogP contribution is 2.35. The lowest BCUT2D eigenvalue weighted by atomic mass is 9.93. The van der Waals surface area contributed by atoms with E-state index in [0.29, 0.717) is 31.1 Å². The van der Waals surface area contributed by atoms with E-state index < -0.39 is 0 Å². The van der Waals surface area contributed by atoms with Gasteiger partial charge < -0.3 is 10.6 Å². The summed E-state index contributed by atoms with van der Waals surface area (Å²) in [5, 5.41) is 15.8. The number of anilines is 1. The van der Waals surface area contributed by atoms with Crippen molar-refractivity contribution in [1.29, 1.82) is 0 Å². The van der Waals surface area contributed by atoms with Crippen molar-refractivity contribution in [3.63, 3.8) is 0 Å². The van der Waals surface area contributed by atoms with Crippen LogP contribution in [0.1, 0.15) is 46.4 Å². The Hall–Kier alpha value is -1.63. The highest BCUT2D eigenvalue weighted by atomic mass is 16.6. The fraction of sp³-hybridized carbons (Fsp3) is 0.786. The number of nitrogens with zero attached hydrogens (tertiary/aromatic N) is 4. The molecule has 1 aromatic heterocycles. The van der Waals surface area contributed by atoms with Crippen molar-refractivity contribution in [3.05, 3.63) is 15.8 Å². The average Bonchev–Trinajstić information content (AvgIpc) is 2.74. The van der Waals surface area contributed by atoms with Gasteiger partial charge in [-0.2, -0.15) is 5.10 Å². The molecule has 0 radical (unpaired) electrons. The van der Waals surface area contributed by atoms with Crippen molar-refractivity contribution in [3.8, 4) is 0 Å². The molecule has 0 saturated carbocycles. The lowest BCUT2D eigenvalue weighted by Crippen LogP contribution is -2.40. The maximum absolute atomic E-state index is 11.4. The second-order valence-electron chi connectivity index (χ2n) is 6.44. The van der Waals surface area contributed by atoms with Gasteiger partial charge in [-0.05, 0) is 39.7 Å². The highest BCUT2D eigenvalue weighted by molar-refractivity contribution is 5.61. The van der Waals surface area contributed by atoms with Gasteiger partial charge in [-0.3, -0.25) is 10.1 Å². The minimum absolute atomic E-state index is 0.0578. The number of rotatable bonds is 7. The number of aryl methyl sites for hydroxylation is 1. The van der Waals surface area contributed by atoms with Gasteiger partial charge in [0.2, 0.25) is 5.82 Å². The van der Waals surface area contributed by atoms with Crippen LogP contribution in [0.25, 0.3) is 0 Å². The third-order valence-corrected chi connectivity index (χ3v) is 3.55. The summed E-state index contributed by atoms with van der Waals surface area (Å²) < 4.78 is 1.74. The number of hydrogen-bond acceptors (Lipinski definition) is 5. The average molecular weight is 297 g/mol. The topological polar surface area (TPSA) is 90.2 Å². The molecule has 1 heterocycles. The standard InChI is InChI=1S/C14H27N5O2/c1-7-17(9-14(5,6)8-15)13-12(19(20)21)11(4)16-18(13)10(2)3/h10H,7-9,15H2,1-6H3. The fourth-order valence-electron chi connectivity index (χ4n) is 2.31. The van der Waals surface area contributed by atoms with Crippen LogP contribution < -0.4 is 10.6 Å². The maximum atomic E-state index is 11.4. The SMILES string of the molecule is CCN(CC(C)(C)CN)c1c([N+](=O)[O-])c(C)nn1C(C)C. The van der Waals surface area contributed by atoms with Gasteiger partial charge in [0.15, 0.2) is 0 Å². The zero-order chi connectivity index (χ0) is 16.4. The van der Waals surface area contributed by atoms with Gasteiger partial charge in [0, 0.05) is 19.1 Å². The lowest BCUT2D eigenvalue weighted by molar-refractivity contribution is -0.384. The number of nitrogens with two attached hydrogens (primary N) is 1. The fourth-order valence-corrected chi connectivity index (χ4v) is 2.31. The third kappa shape index (κ3) is 3.72. The summed E-state index contributed by atoms with van der Waals surface area (Å²) in [5.41, 5.74) is 6.23. The summed E-state index contributed by atoms with van der Waals surface area (Å²) in [7, 11) is 0. The van der Waals surface area contributed by atoms with Gasteiger partial charge >= 0.3 is 5.69 Å². The first-order chi connectivity index (χ1) is 9.64. The van der Waals surface area contributed by atoms with Crippen LogP contribution in [0.5, 0.6) is 0 Å². The van der Waals surface area contributed by atoms with Crippen molar-refractivity contribution in [1.82, 2.24) is 9.78 Å². The smallest absolute Gasteiger partial charge is 0.333 e. The molecule has 0 atom stereocenters. The molecule has 7 heteroatoms. The molecule has 2 N–H and O–H groups in total. The van der Waals surface area contributed by atoms with Crippen LogP contribution in [0.3, 0.4) is 0 Å². The minimum atomic E-state index is -0.339. The summed E-state index contributed by atoms with van der Waals surface area (Å²) in [6.07, 6.45) is 0. The van der Waals surface area contributed by atoms with E-state index in [-0.39, 0.29) is 22.1 Å². The zero-order valence-corrected chi connectivity index (χ0v) is 13.9. The van der Waals surface area contributed by atoms with Crippen LogP contribution >= 0.6 is 0 Å². The van der Waals surface area contributed by atoms with E-state index in [1.807, 2.05) is 25.7 Å². The number of aromatic nitrogens is 2. The molecule has 0 aliphatic carbocycles. The molecule has 1 aromatic rings. The molecule has 0 fully saturated rings. The molecule has 0 aliphatic heterocycles. The molecule has 0 aromatic carbocycles. The summed E-state index contributed by atoms with van der Waals surface area (Å²) >= 11 is 0. The van der Waals surface area contributed by atoms with Crippen LogP contribution in [-0.2, 0) is 0 Å². The summed E-state index contributed by atoms with van der Waals surface area (Å²) in [4.78, 5) is 13.1. The largest absolute Gasteiger partial charge is 0.351 e. The molecule has 7 nitrogen and oxygen atoms in total. The molecule has 0 spiro atoms. The van der Waals surface area contributed by atoms with Gasteiger partial charge in [-0.15, -0.1) is 0 Å². The highest BCUT2D eigenvalue weighted by Gasteiger charge is 2.32. The van der Waals surface area contributed by atoms with Crippen LogP contribution in [0.4, 0.5) is 11.5 Å². The van der Waals surface area contributed by atoms with Crippen LogP contribution in [0.15, 0.2) is 0 Å². The molecule has 0 bridgehead atoms. The molecule has 0 aliphatic rings. The predicted octanol–water partition coefficient (Wildman–Crippen LogP) is 2.49. The Kier molecular flexibility index (Phi) is 5.33. The van der Waals surface area contributed by atoms with Crippen molar-refractivity contribution in [2.75, 3.05) is 24.5 Å². The van der Waals surface area contributed by atoms with Crippen LogP contribution in [0, 0.1) is 22.5 Å². The van der Waals surface area contributed by atoms with E-state index in [0.717, 1.165) is 0 Å². The third-order valence-electron chi connectivity index (χ3n) is 3.55. The summed E-state index contributed by atoms with van der Waals surface area (Å²) in [6.45, 7) is 13.6. The van der Waals surface area contributed by atoms with E-state index in [4.69, 9.17) is 5.73 Å². The Morgan fingerprint density at radius 2 is 2.05 bits per heavy atom. The molecular formula is C14H27N5O2. The molecule has 0 amide bonds. The van der Waals surface area contributed by atoms with Gasteiger partial charge in [-0.1, -0.05) is 13.8 Å². The van der Waals surface area contributed by atoms with Crippen molar-refractivity contribution < 1.29 is 4.92 Å². The Bertz CT molecular complexity index is 508. The van der Waals surface area contributed by atoms with E-state index in [2.05, 4.69) is 18.9 Å². The number of nitro groups is 1. The lowest BCUT2D eigenvalue weighted by Gasteiger charge is -2.32. The second kappa shape index (κ2) is 6.43. The van der Waals surface area contributed by atoms with Crippen molar-refractivity contribution in [2.24, 2.45) is 11.1 Å². The molecule has 21 heavy (non-hydrogen) atoms. The Balaban J connectivity index is 3.39. The minimum Gasteiger partial charge on any atom is -0.351 e. The quantitative estimate of drug-likeness (QED) is 0.617. The number of hydrogen-bond donors (Lipinski definition) is 1. The van der Waals surface area contributed by atoms with Crippen LogP contribution in [0.2, 0.25) is 0 Å². The van der Waals surface area contributed by atoms with Gasteiger partial charge in [0.1, 0.15) is 5.69 Å². The zero-order valence-electron chi connectivity index (χ0n) is 13.9. The second-order valence-corrected chi connectivity index (χ2v) is 6.44. The van der Waals surface area contributed by atoms with Crippen molar-refractivity contribution in [2.45, 2.75) is 47.6 Å². The predicted molar refractivity (Wildman–Crippen MR) is 84.7 cm³/mol. The molecule has 1 rings (SSSR count). The van der Waals surface area contributed by atoms with E-state index in [1.54, 1.807) is 11.6 Å². The van der Waals surface area contributed by atoms with Crippen LogP contribution in [-0.4, -0.2) is 34.3 Å². The first kappa shape index (κ1) is 17.4. The maximum Gasteiger partial charge on any atom is 0.333 e. The monoisotopic (exact) mass is 297 g/mol. The Morgan fingerprint density at radius 3 is 2.43 bits per heavy atom. The molecular weight excluding hydrogens is 270 g/mol. The molecule has 0 saturated heterocycles. The summed E-state index contributed by atoms with van der Waals surface area (Å²) in [6, 6.07) is 0.0578. The Labute approximate surface area is 126 Å². The van der Waals surface area contributed by atoms with Gasteiger partial charge in [0.05, 0.1) is 4.92 Å². The van der Waals surface area contributed by atoms with Gasteiger partial charge in [-0.25, -0.2) is 4.68 Å². The van der Waals surface area contributed by atoms with Crippen molar-refractivity contribution >= 4 is 11.5 Å². The van der Waals surface area contributed by atoms with Gasteiger partial charge in [0.25, 0.3) is 0 Å². The first-order valence-electron chi connectivity index (χ1n) is 7.33. The summed E-state index contributed by atoms with van der Waals surface area (Å²) in [5.74, 6) is 0.580. The van der Waals surface area contributed by atoms with E-state index >= 15 is 0 Å². The van der Waals surface area contributed by atoms with E-state index in [9.17, 15) is 10.1 Å². The molecule has 0 unspecified atom stereocenters. The first-order valence-corrected chi connectivity index (χ1v) is 7.33.